The molecule has 0 aromatic heterocycles. The average Bonchev–Trinajstić information content (AvgIpc) is 2.48. The zero-order valence-corrected chi connectivity index (χ0v) is 12.6. The van der Waals surface area contributed by atoms with E-state index in [0.29, 0.717) is 11.3 Å². The monoisotopic (exact) mass is 318 g/mol. The predicted molar refractivity (Wildman–Crippen MR) is 83.2 cm³/mol. The Labute approximate surface area is 132 Å². The summed E-state index contributed by atoms with van der Waals surface area (Å²) in [6.07, 6.45) is -0.0342. The average molecular weight is 318 g/mol. The first-order valence-electron chi connectivity index (χ1n) is 6.89. The largest absolute Gasteiger partial charge is 0.491 e. The van der Waals surface area contributed by atoms with Crippen LogP contribution in [0.2, 0.25) is 0 Å². The SMILES string of the molecule is CC(C)Oc1cccc(C(=O)Nc2ccc(F)c([N+](=O)[O-])c2)c1. The van der Waals surface area contributed by atoms with E-state index in [1.807, 2.05) is 13.8 Å². The molecular formula is C16H15FN2O4. The van der Waals surface area contributed by atoms with Crippen molar-refractivity contribution in [3.05, 3.63) is 64.0 Å². The van der Waals surface area contributed by atoms with Crippen molar-refractivity contribution in [2.45, 2.75) is 20.0 Å². The number of halogens is 1. The van der Waals surface area contributed by atoms with E-state index < -0.39 is 22.3 Å². The second kappa shape index (κ2) is 6.87. The predicted octanol–water partition coefficient (Wildman–Crippen LogP) is 3.77. The van der Waals surface area contributed by atoms with Crippen molar-refractivity contribution >= 4 is 17.3 Å². The van der Waals surface area contributed by atoms with E-state index >= 15 is 0 Å². The van der Waals surface area contributed by atoms with Crippen LogP contribution in [0.25, 0.3) is 0 Å². The van der Waals surface area contributed by atoms with Crippen molar-refractivity contribution < 1.29 is 18.8 Å². The minimum atomic E-state index is -0.958. The van der Waals surface area contributed by atoms with Crippen LogP contribution >= 0.6 is 0 Å². The van der Waals surface area contributed by atoms with E-state index in [0.717, 1.165) is 12.1 Å². The topological polar surface area (TPSA) is 81.5 Å². The highest BCUT2D eigenvalue weighted by molar-refractivity contribution is 6.04. The number of ether oxygens (including phenoxy) is 1. The Morgan fingerprint density at radius 2 is 2.00 bits per heavy atom. The Morgan fingerprint density at radius 1 is 1.26 bits per heavy atom. The smallest absolute Gasteiger partial charge is 0.306 e. The molecule has 0 spiro atoms. The third-order valence-corrected chi connectivity index (χ3v) is 2.87. The molecule has 0 radical (unpaired) electrons. The number of nitrogens with zero attached hydrogens (tertiary/aromatic N) is 1. The van der Waals surface area contributed by atoms with Crippen LogP contribution in [0.15, 0.2) is 42.5 Å². The molecule has 0 fully saturated rings. The summed E-state index contributed by atoms with van der Waals surface area (Å²) in [5.74, 6) is -0.891. The fraction of sp³-hybridized carbons (Fsp3) is 0.188. The molecule has 0 aliphatic carbocycles. The second-order valence-corrected chi connectivity index (χ2v) is 5.07. The number of amides is 1. The normalized spacial score (nSPS) is 10.4. The van der Waals surface area contributed by atoms with Gasteiger partial charge in [0.1, 0.15) is 5.75 Å². The summed E-state index contributed by atoms with van der Waals surface area (Å²) >= 11 is 0. The summed E-state index contributed by atoms with van der Waals surface area (Å²) in [4.78, 5) is 22.1. The first kappa shape index (κ1) is 16.4. The minimum absolute atomic E-state index is 0.0342. The van der Waals surface area contributed by atoms with Crippen LogP contribution in [0, 0.1) is 15.9 Å². The molecule has 1 N–H and O–H groups in total. The zero-order valence-electron chi connectivity index (χ0n) is 12.6. The lowest BCUT2D eigenvalue weighted by Crippen LogP contribution is -2.13. The van der Waals surface area contributed by atoms with Crippen LogP contribution in [0.3, 0.4) is 0 Å². The van der Waals surface area contributed by atoms with Gasteiger partial charge < -0.3 is 10.1 Å². The molecule has 0 heterocycles. The molecule has 2 aromatic carbocycles. The lowest BCUT2D eigenvalue weighted by atomic mass is 10.2. The highest BCUT2D eigenvalue weighted by Crippen LogP contribution is 2.22. The van der Waals surface area contributed by atoms with Crippen molar-refractivity contribution in [3.63, 3.8) is 0 Å². The van der Waals surface area contributed by atoms with Gasteiger partial charge in [0.2, 0.25) is 5.82 Å². The maximum Gasteiger partial charge on any atom is 0.306 e. The molecular weight excluding hydrogens is 303 g/mol. The highest BCUT2D eigenvalue weighted by Gasteiger charge is 2.16. The molecule has 0 bridgehead atoms. The molecule has 7 heteroatoms. The van der Waals surface area contributed by atoms with Crippen LogP contribution in [0.4, 0.5) is 15.8 Å². The van der Waals surface area contributed by atoms with Crippen LogP contribution < -0.4 is 10.1 Å². The molecule has 2 aromatic rings. The second-order valence-electron chi connectivity index (χ2n) is 5.07. The molecule has 0 aliphatic heterocycles. The van der Waals surface area contributed by atoms with Gasteiger partial charge in [-0.15, -0.1) is 0 Å². The molecule has 0 saturated heterocycles. The summed E-state index contributed by atoms with van der Waals surface area (Å²) < 4.78 is 18.8. The quantitative estimate of drug-likeness (QED) is 0.672. The van der Waals surface area contributed by atoms with Crippen LogP contribution in [-0.4, -0.2) is 16.9 Å². The van der Waals surface area contributed by atoms with Crippen molar-refractivity contribution in [1.29, 1.82) is 0 Å². The minimum Gasteiger partial charge on any atom is -0.491 e. The third kappa shape index (κ3) is 4.26. The van der Waals surface area contributed by atoms with Crippen molar-refractivity contribution in [2.75, 3.05) is 5.32 Å². The maximum absolute atomic E-state index is 13.3. The lowest BCUT2D eigenvalue weighted by molar-refractivity contribution is -0.387. The number of rotatable bonds is 5. The number of hydrogen-bond donors (Lipinski definition) is 1. The van der Waals surface area contributed by atoms with E-state index in [2.05, 4.69) is 5.32 Å². The Hall–Kier alpha value is -2.96. The lowest BCUT2D eigenvalue weighted by Gasteiger charge is -2.11. The summed E-state index contributed by atoms with van der Waals surface area (Å²) in [6, 6.07) is 9.70. The van der Waals surface area contributed by atoms with Crippen LogP contribution in [0.1, 0.15) is 24.2 Å². The van der Waals surface area contributed by atoms with E-state index in [9.17, 15) is 19.3 Å². The van der Waals surface area contributed by atoms with E-state index in [-0.39, 0.29) is 11.8 Å². The number of carbonyl (C=O) groups is 1. The van der Waals surface area contributed by atoms with Gasteiger partial charge in [-0.3, -0.25) is 14.9 Å². The van der Waals surface area contributed by atoms with Gasteiger partial charge in [-0.25, -0.2) is 0 Å². The Morgan fingerprint density at radius 3 is 2.65 bits per heavy atom. The van der Waals surface area contributed by atoms with Gasteiger partial charge in [0.15, 0.2) is 0 Å². The van der Waals surface area contributed by atoms with E-state index in [1.54, 1.807) is 24.3 Å². The van der Waals surface area contributed by atoms with E-state index in [4.69, 9.17) is 4.74 Å². The fourth-order valence-electron chi connectivity index (χ4n) is 1.92. The molecule has 2 rings (SSSR count). The van der Waals surface area contributed by atoms with E-state index in [1.165, 1.54) is 6.07 Å². The van der Waals surface area contributed by atoms with Gasteiger partial charge in [0, 0.05) is 17.3 Å². The molecule has 0 unspecified atom stereocenters. The number of hydrogen-bond acceptors (Lipinski definition) is 4. The number of nitrogens with one attached hydrogen (secondary N) is 1. The summed E-state index contributed by atoms with van der Waals surface area (Å²) in [7, 11) is 0. The first-order valence-corrected chi connectivity index (χ1v) is 6.89. The van der Waals surface area contributed by atoms with Gasteiger partial charge in [-0.05, 0) is 44.2 Å². The van der Waals surface area contributed by atoms with Crippen LogP contribution in [0.5, 0.6) is 5.75 Å². The fourth-order valence-corrected chi connectivity index (χ4v) is 1.92. The number of nitro groups is 1. The summed E-state index contributed by atoms with van der Waals surface area (Å²) in [6.45, 7) is 3.73. The number of anilines is 1. The van der Waals surface area contributed by atoms with Crippen molar-refractivity contribution in [3.8, 4) is 5.75 Å². The highest BCUT2D eigenvalue weighted by atomic mass is 19.1. The van der Waals surface area contributed by atoms with Gasteiger partial charge in [-0.2, -0.15) is 4.39 Å². The third-order valence-electron chi connectivity index (χ3n) is 2.87. The van der Waals surface area contributed by atoms with Crippen LogP contribution in [-0.2, 0) is 0 Å². The number of nitro benzene ring substituents is 1. The van der Waals surface area contributed by atoms with Gasteiger partial charge >= 0.3 is 5.69 Å². The molecule has 0 atom stereocenters. The van der Waals surface area contributed by atoms with Gasteiger partial charge in [0.05, 0.1) is 11.0 Å². The zero-order chi connectivity index (χ0) is 17.0. The standard InChI is InChI=1S/C16H15FN2O4/c1-10(2)23-13-5-3-4-11(8-13)16(20)18-12-6-7-14(17)15(9-12)19(21)22/h3-10H,1-2H3,(H,18,20). The van der Waals surface area contributed by atoms with Gasteiger partial charge in [-0.1, -0.05) is 6.07 Å². The molecule has 6 nitrogen and oxygen atoms in total. The Kier molecular flexibility index (Phi) is 4.90. The van der Waals surface area contributed by atoms with Gasteiger partial charge in [0.25, 0.3) is 5.91 Å². The number of carbonyl (C=O) groups excluding carboxylic acids is 1. The molecule has 23 heavy (non-hydrogen) atoms. The molecule has 1 amide bonds. The van der Waals surface area contributed by atoms with Crippen molar-refractivity contribution in [1.82, 2.24) is 0 Å². The summed E-state index contributed by atoms with van der Waals surface area (Å²) in [5, 5.41) is 13.2. The molecule has 0 aliphatic rings. The summed E-state index contributed by atoms with van der Waals surface area (Å²) in [5.41, 5.74) is -0.229. The van der Waals surface area contributed by atoms with Crippen molar-refractivity contribution in [2.24, 2.45) is 0 Å². The Bertz CT molecular complexity index is 747. The molecule has 0 saturated carbocycles. The molecule has 120 valence electrons. The maximum atomic E-state index is 13.3. The first-order chi connectivity index (χ1) is 10.9. The Balaban J connectivity index is 2.19. The number of benzene rings is 2.